The Hall–Kier alpha value is -3.67. The summed E-state index contributed by atoms with van der Waals surface area (Å²) in [5, 5.41) is 0. The maximum Gasteiger partial charge on any atom is 0.306 e. The number of carbonyl (C=O) groups is 3. The van der Waals surface area contributed by atoms with Gasteiger partial charge in [0.05, 0.1) is 0 Å². The van der Waals surface area contributed by atoms with E-state index in [1.165, 1.54) is 116 Å². The Morgan fingerprint density at radius 1 is 0.304 bits per heavy atom. The van der Waals surface area contributed by atoms with Crippen molar-refractivity contribution in [1.29, 1.82) is 0 Å². The highest BCUT2D eigenvalue weighted by Crippen LogP contribution is 2.15. The molecule has 0 aliphatic carbocycles. The van der Waals surface area contributed by atoms with E-state index >= 15 is 0 Å². The van der Waals surface area contributed by atoms with Crippen molar-refractivity contribution in [3.63, 3.8) is 0 Å². The largest absolute Gasteiger partial charge is 0.462 e. The molecule has 0 bridgehead atoms. The monoisotopic (exact) mass is 959 g/mol. The fourth-order valence-corrected chi connectivity index (χ4v) is 7.78. The molecule has 0 radical (unpaired) electrons. The van der Waals surface area contributed by atoms with Gasteiger partial charge in [0, 0.05) is 19.3 Å². The molecule has 0 aromatic carbocycles. The number of esters is 3. The first-order valence-corrected chi connectivity index (χ1v) is 28.7. The fraction of sp³-hybridized carbons (Fsp3) is 0.698. The smallest absolute Gasteiger partial charge is 0.306 e. The molecule has 0 amide bonds. The maximum atomic E-state index is 12.8. The minimum Gasteiger partial charge on any atom is -0.462 e. The summed E-state index contributed by atoms with van der Waals surface area (Å²) in [6, 6.07) is 0. The Kier molecular flexibility index (Phi) is 53.9. The van der Waals surface area contributed by atoms with Gasteiger partial charge in [-0.3, -0.25) is 14.4 Å². The molecule has 6 heteroatoms. The highest BCUT2D eigenvalue weighted by atomic mass is 16.6. The molecule has 0 aliphatic rings. The van der Waals surface area contributed by atoms with Gasteiger partial charge in [0.2, 0.25) is 0 Å². The molecule has 0 N–H and O–H groups in total. The zero-order valence-corrected chi connectivity index (χ0v) is 45.0. The van der Waals surface area contributed by atoms with E-state index in [4.69, 9.17) is 14.2 Å². The van der Waals surface area contributed by atoms with Crippen LogP contribution in [0.3, 0.4) is 0 Å². The highest BCUT2D eigenvalue weighted by Gasteiger charge is 2.19. The Bertz CT molecular complexity index is 1380. The van der Waals surface area contributed by atoms with Crippen molar-refractivity contribution in [2.45, 2.75) is 271 Å². The van der Waals surface area contributed by atoms with Crippen LogP contribution in [0.25, 0.3) is 0 Å². The summed E-state index contributed by atoms with van der Waals surface area (Å²) in [7, 11) is 0. The molecule has 0 aliphatic heterocycles. The molecule has 0 aromatic rings. The molecule has 0 fully saturated rings. The number of rotatable bonds is 51. The number of hydrogen-bond donors (Lipinski definition) is 0. The Balaban J connectivity index is 4.47. The van der Waals surface area contributed by atoms with E-state index in [1.54, 1.807) is 0 Å². The molecular formula is C63H106O6. The van der Waals surface area contributed by atoms with Gasteiger partial charge in [-0.05, 0) is 96.3 Å². The lowest BCUT2D eigenvalue weighted by atomic mass is 10.0. The molecule has 0 saturated carbocycles. The molecule has 1 atom stereocenters. The van der Waals surface area contributed by atoms with Crippen LogP contribution in [-0.2, 0) is 28.6 Å². The van der Waals surface area contributed by atoms with Crippen LogP contribution in [0, 0.1) is 0 Å². The van der Waals surface area contributed by atoms with E-state index in [0.29, 0.717) is 19.3 Å². The summed E-state index contributed by atoms with van der Waals surface area (Å²) in [6.07, 6.45) is 75.4. The van der Waals surface area contributed by atoms with E-state index < -0.39 is 6.10 Å². The van der Waals surface area contributed by atoms with E-state index in [9.17, 15) is 14.4 Å². The summed E-state index contributed by atoms with van der Waals surface area (Å²) in [6.45, 7) is 6.47. The van der Waals surface area contributed by atoms with Crippen LogP contribution in [0.4, 0.5) is 0 Å². The van der Waals surface area contributed by atoms with Gasteiger partial charge >= 0.3 is 17.9 Å². The van der Waals surface area contributed by atoms with Gasteiger partial charge in [-0.15, -0.1) is 0 Å². The van der Waals surface area contributed by atoms with E-state index in [0.717, 1.165) is 103 Å². The van der Waals surface area contributed by atoms with Gasteiger partial charge in [0.1, 0.15) is 13.2 Å². The second kappa shape index (κ2) is 56.9. The number of allylic oxidation sites excluding steroid dienone is 16. The zero-order valence-electron chi connectivity index (χ0n) is 45.0. The Morgan fingerprint density at radius 3 is 0.957 bits per heavy atom. The van der Waals surface area contributed by atoms with Crippen LogP contribution in [0.5, 0.6) is 0 Å². The number of carbonyl (C=O) groups excluding carboxylic acids is 3. The third-order valence-corrected chi connectivity index (χ3v) is 12.1. The van der Waals surface area contributed by atoms with Gasteiger partial charge in [-0.2, -0.15) is 0 Å². The van der Waals surface area contributed by atoms with Gasteiger partial charge < -0.3 is 14.2 Å². The molecular weight excluding hydrogens is 853 g/mol. The summed E-state index contributed by atoms with van der Waals surface area (Å²) in [4.78, 5) is 38.1. The van der Waals surface area contributed by atoms with Crippen LogP contribution >= 0.6 is 0 Å². The van der Waals surface area contributed by atoms with Crippen molar-refractivity contribution >= 4 is 17.9 Å². The number of ether oxygens (including phenoxy) is 3. The summed E-state index contributed by atoms with van der Waals surface area (Å²) in [5.41, 5.74) is 0. The predicted octanol–water partition coefficient (Wildman–Crippen LogP) is 19.3. The molecule has 69 heavy (non-hydrogen) atoms. The quantitative estimate of drug-likeness (QED) is 0.0262. The Morgan fingerprint density at radius 2 is 0.580 bits per heavy atom. The van der Waals surface area contributed by atoms with Gasteiger partial charge in [0.25, 0.3) is 0 Å². The van der Waals surface area contributed by atoms with Crippen molar-refractivity contribution < 1.29 is 28.6 Å². The lowest BCUT2D eigenvalue weighted by Crippen LogP contribution is -2.30. The number of hydrogen-bond acceptors (Lipinski definition) is 6. The summed E-state index contributed by atoms with van der Waals surface area (Å²) < 4.78 is 16.8. The predicted molar refractivity (Wildman–Crippen MR) is 297 cm³/mol. The zero-order chi connectivity index (χ0) is 50.0. The van der Waals surface area contributed by atoms with Crippen molar-refractivity contribution in [2.24, 2.45) is 0 Å². The maximum absolute atomic E-state index is 12.8. The molecule has 1 unspecified atom stereocenters. The fourth-order valence-electron chi connectivity index (χ4n) is 7.78. The van der Waals surface area contributed by atoms with Crippen molar-refractivity contribution in [1.82, 2.24) is 0 Å². The van der Waals surface area contributed by atoms with Gasteiger partial charge in [-0.1, -0.05) is 246 Å². The topological polar surface area (TPSA) is 78.9 Å². The van der Waals surface area contributed by atoms with Crippen molar-refractivity contribution in [2.75, 3.05) is 13.2 Å². The van der Waals surface area contributed by atoms with Crippen LogP contribution in [-0.4, -0.2) is 37.2 Å². The molecule has 0 spiro atoms. The Labute approximate surface area is 426 Å². The standard InChI is InChI=1S/C63H106O6/c1-4-7-10-13-16-19-22-25-27-28-29-30-31-32-33-34-36-38-41-44-47-50-53-56-62(65)68-59-60(58-67-61(64)55-52-49-46-43-40-37-24-21-18-15-12-9-6-3)69-63(66)57-54-51-48-45-42-39-35-26-23-20-17-14-11-8-5-2/h7,10,16,19,25-27,29-30,32-33,35-36,38,44,47,60H,4-6,8-9,11-15,17-18,20-24,28,31,34,37,39-43,45-46,48-59H2,1-3H3/b10-7-,19-16-,27-25-,30-29-,33-32-,35-26-,38-36-,47-44-. The number of unbranched alkanes of at least 4 members (excludes halogenated alkanes) is 24. The minimum atomic E-state index is -0.804. The van der Waals surface area contributed by atoms with Crippen molar-refractivity contribution in [3.8, 4) is 0 Å². The minimum absolute atomic E-state index is 0.0972. The lowest BCUT2D eigenvalue weighted by molar-refractivity contribution is -0.167. The molecule has 0 rings (SSSR count). The van der Waals surface area contributed by atoms with Crippen molar-refractivity contribution in [3.05, 3.63) is 97.2 Å². The normalized spacial score (nSPS) is 12.8. The van der Waals surface area contributed by atoms with E-state index in [-0.39, 0.29) is 37.5 Å². The second-order valence-electron chi connectivity index (χ2n) is 18.8. The summed E-state index contributed by atoms with van der Waals surface area (Å²) >= 11 is 0. The average molecular weight is 960 g/mol. The van der Waals surface area contributed by atoms with Crippen LogP contribution in [0.1, 0.15) is 265 Å². The molecule has 0 aromatic heterocycles. The first-order chi connectivity index (χ1) is 34.0. The third kappa shape index (κ3) is 55.1. The summed E-state index contributed by atoms with van der Waals surface area (Å²) in [5.74, 6) is -0.964. The van der Waals surface area contributed by atoms with E-state index in [1.807, 2.05) is 0 Å². The first-order valence-electron chi connectivity index (χ1n) is 28.7. The van der Waals surface area contributed by atoms with Crippen LogP contribution in [0.15, 0.2) is 97.2 Å². The SMILES string of the molecule is CC/C=C\C/C=C\C/C=C\C/C=C\C/C=C\C/C=C\C/C=C\CCCC(=O)OCC(COC(=O)CCCCCCCCCCCCCCC)OC(=O)CCCCCCC/C=C\CCCCCCCC. The first kappa shape index (κ1) is 65.3. The second-order valence-corrected chi connectivity index (χ2v) is 18.8. The van der Waals surface area contributed by atoms with Gasteiger partial charge in [-0.25, -0.2) is 0 Å². The molecule has 394 valence electrons. The van der Waals surface area contributed by atoms with E-state index in [2.05, 4.69) is 118 Å². The highest BCUT2D eigenvalue weighted by molar-refractivity contribution is 5.71. The van der Waals surface area contributed by atoms with Crippen LogP contribution < -0.4 is 0 Å². The molecule has 6 nitrogen and oxygen atoms in total. The van der Waals surface area contributed by atoms with Gasteiger partial charge in [0.15, 0.2) is 6.10 Å². The molecule has 0 heterocycles. The van der Waals surface area contributed by atoms with Crippen LogP contribution in [0.2, 0.25) is 0 Å². The average Bonchev–Trinajstić information content (AvgIpc) is 3.35. The lowest BCUT2D eigenvalue weighted by Gasteiger charge is -2.18. The third-order valence-electron chi connectivity index (χ3n) is 12.1. The molecule has 0 saturated heterocycles.